The fourth-order valence-electron chi connectivity index (χ4n) is 0.541. The summed E-state index contributed by atoms with van der Waals surface area (Å²) in [6.07, 6.45) is -0.542. The zero-order chi connectivity index (χ0) is 10.2. The summed E-state index contributed by atoms with van der Waals surface area (Å²) in [5.41, 5.74) is 4.47. The molecular weight excluding hydrogens is 170 g/mol. The predicted octanol–water partition coefficient (Wildman–Crippen LogP) is -3.64. The smallest absolute Gasteiger partial charge is 0.289 e. The Morgan fingerprint density at radius 3 is 1.42 bits per heavy atom. The molecule has 0 aliphatic rings. The lowest BCUT2D eigenvalue weighted by molar-refractivity contribution is -0.450. The molecule has 0 atom stereocenters. The SMILES string of the molecule is CCC(O)(O)C(O)(O)C(N)(O)O. The first kappa shape index (κ1) is 11.7. The second-order valence-electron chi connectivity index (χ2n) is 2.57. The zero-order valence-electron chi connectivity index (χ0n) is 6.47. The minimum Gasteiger partial charge on any atom is -0.361 e. The minimum absolute atomic E-state index is 0.542. The molecule has 0 aromatic heterocycles. The van der Waals surface area contributed by atoms with Gasteiger partial charge in [-0.05, 0) is 0 Å². The van der Waals surface area contributed by atoms with E-state index in [1.807, 2.05) is 0 Å². The molecule has 0 spiro atoms. The van der Waals surface area contributed by atoms with Gasteiger partial charge in [0.1, 0.15) is 0 Å². The first-order chi connectivity index (χ1) is 5.06. The summed E-state index contributed by atoms with van der Waals surface area (Å²) in [5.74, 6) is -10.2. The maximum Gasteiger partial charge on any atom is 0.289 e. The van der Waals surface area contributed by atoms with Crippen molar-refractivity contribution in [1.82, 2.24) is 0 Å². The predicted molar refractivity (Wildman–Crippen MR) is 36.0 cm³/mol. The molecule has 0 aromatic rings. The molecule has 0 rings (SSSR count). The zero-order valence-corrected chi connectivity index (χ0v) is 6.47. The van der Waals surface area contributed by atoms with Crippen LogP contribution in [0.3, 0.4) is 0 Å². The highest BCUT2D eigenvalue weighted by atomic mass is 16.7. The highest BCUT2D eigenvalue weighted by Crippen LogP contribution is 2.26. The Balaban J connectivity index is 4.85. The molecule has 0 aromatic carbocycles. The van der Waals surface area contributed by atoms with Crippen molar-refractivity contribution >= 4 is 0 Å². The van der Waals surface area contributed by atoms with Crippen LogP contribution in [0.4, 0.5) is 0 Å². The van der Waals surface area contributed by atoms with Crippen LogP contribution in [0.25, 0.3) is 0 Å². The van der Waals surface area contributed by atoms with Gasteiger partial charge >= 0.3 is 0 Å². The average molecular weight is 183 g/mol. The summed E-state index contributed by atoms with van der Waals surface area (Å²) >= 11 is 0. The normalized spacial score (nSPS) is 15.0. The second-order valence-corrected chi connectivity index (χ2v) is 2.57. The van der Waals surface area contributed by atoms with Gasteiger partial charge in [-0.3, -0.25) is 5.73 Å². The number of nitrogens with two attached hydrogens (primary N) is 1. The average Bonchev–Trinajstić information content (AvgIpc) is 1.85. The summed E-state index contributed by atoms with van der Waals surface area (Å²) in [5, 5.41) is 52.4. The second kappa shape index (κ2) is 2.89. The fraction of sp³-hybridized carbons (Fsp3) is 1.00. The Morgan fingerprint density at radius 2 is 1.33 bits per heavy atom. The van der Waals surface area contributed by atoms with Gasteiger partial charge in [0.2, 0.25) is 5.79 Å². The molecule has 0 aliphatic carbocycles. The van der Waals surface area contributed by atoms with Crippen molar-refractivity contribution in [2.75, 3.05) is 0 Å². The summed E-state index contributed by atoms with van der Waals surface area (Å²) in [7, 11) is 0. The number of hydrogen-bond acceptors (Lipinski definition) is 7. The number of hydrogen-bond donors (Lipinski definition) is 7. The summed E-state index contributed by atoms with van der Waals surface area (Å²) < 4.78 is 0. The summed E-state index contributed by atoms with van der Waals surface area (Å²) in [6.45, 7) is 1.19. The van der Waals surface area contributed by atoms with Crippen LogP contribution in [-0.2, 0) is 0 Å². The summed E-state index contributed by atoms with van der Waals surface area (Å²) in [6, 6.07) is 0. The van der Waals surface area contributed by atoms with E-state index in [0.29, 0.717) is 0 Å². The van der Waals surface area contributed by atoms with E-state index < -0.39 is 23.9 Å². The van der Waals surface area contributed by atoms with Gasteiger partial charge in [0.25, 0.3) is 11.7 Å². The van der Waals surface area contributed by atoms with Crippen LogP contribution < -0.4 is 5.73 Å². The lowest BCUT2D eigenvalue weighted by atomic mass is 10.00. The number of rotatable bonds is 3. The van der Waals surface area contributed by atoms with Crippen molar-refractivity contribution in [3.05, 3.63) is 0 Å². The molecule has 8 N–H and O–H groups in total. The highest BCUT2D eigenvalue weighted by molar-refractivity contribution is 4.89. The molecule has 0 fully saturated rings. The highest BCUT2D eigenvalue weighted by Gasteiger charge is 2.59. The van der Waals surface area contributed by atoms with E-state index in [2.05, 4.69) is 5.73 Å². The monoisotopic (exact) mass is 183 g/mol. The van der Waals surface area contributed by atoms with Crippen molar-refractivity contribution in [2.45, 2.75) is 30.8 Å². The van der Waals surface area contributed by atoms with Gasteiger partial charge < -0.3 is 30.6 Å². The van der Waals surface area contributed by atoms with Gasteiger partial charge in [0.15, 0.2) is 0 Å². The van der Waals surface area contributed by atoms with Crippen LogP contribution in [-0.4, -0.2) is 48.1 Å². The van der Waals surface area contributed by atoms with Crippen molar-refractivity contribution in [2.24, 2.45) is 5.73 Å². The van der Waals surface area contributed by atoms with Crippen molar-refractivity contribution in [3.63, 3.8) is 0 Å². The molecule has 7 heteroatoms. The maximum atomic E-state index is 8.84. The Bertz CT molecular complexity index is 160. The molecule has 0 saturated heterocycles. The Kier molecular flexibility index (Phi) is 2.82. The van der Waals surface area contributed by atoms with Crippen LogP contribution in [0.2, 0.25) is 0 Å². The third kappa shape index (κ3) is 1.72. The molecule has 74 valence electrons. The molecule has 0 saturated carbocycles. The van der Waals surface area contributed by atoms with Crippen molar-refractivity contribution in [1.29, 1.82) is 0 Å². The van der Waals surface area contributed by atoms with Gasteiger partial charge in [-0.25, -0.2) is 0 Å². The van der Waals surface area contributed by atoms with Crippen LogP contribution in [0, 0.1) is 0 Å². The number of aliphatic hydroxyl groups is 6. The van der Waals surface area contributed by atoms with E-state index in [9.17, 15) is 0 Å². The molecule has 0 amide bonds. The van der Waals surface area contributed by atoms with E-state index in [1.54, 1.807) is 0 Å². The molecule has 7 nitrogen and oxygen atoms in total. The quantitative estimate of drug-likeness (QED) is 0.223. The maximum absolute atomic E-state index is 8.84. The first-order valence-corrected chi connectivity index (χ1v) is 3.19. The third-order valence-corrected chi connectivity index (χ3v) is 1.56. The molecule has 0 unspecified atom stereocenters. The lowest BCUT2D eigenvalue weighted by Gasteiger charge is -2.39. The van der Waals surface area contributed by atoms with Gasteiger partial charge in [-0.1, -0.05) is 6.92 Å². The van der Waals surface area contributed by atoms with Crippen LogP contribution >= 0.6 is 0 Å². The fourth-order valence-corrected chi connectivity index (χ4v) is 0.541. The van der Waals surface area contributed by atoms with E-state index >= 15 is 0 Å². The molecular formula is C5H13NO6. The topological polar surface area (TPSA) is 147 Å². The van der Waals surface area contributed by atoms with Crippen LogP contribution in [0.1, 0.15) is 13.3 Å². The van der Waals surface area contributed by atoms with Crippen LogP contribution in [0.5, 0.6) is 0 Å². The first-order valence-electron chi connectivity index (χ1n) is 3.19. The standard InChI is InChI=1S/C5H13NO6/c1-2-3(7,8)4(9,10)5(6,11)12/h7-12H,2,6H2,1H3. The van der Waals surface area contributed by atoms with E-state index in [4.69, 9.17) is 30.6 Å². The van der Waals surface area contributed by atoms with Gasteiger partial charge in [-0.2, -0.15) is 0 Å². The Morgan fingerprint density at radius 1 is 1.00 bits per heavy atom. The minimum atomic E-state index is -3.62. The molecule has 0 radical (unpaired) electrons. The lowest BCUT2D eigenvalue weighted by Crippen LogP contribution is -2.71. The molecule has 0 aliphatic heterocycles. The van der Waals surface area contributed by atoms with Crippen molar-refractivity contribution < 1.29 is 30.6 Å². The van der Waals surface area contributed by atoms with E-state index in [-0.39, 0.29) is 0 Å². The van der Waals surface area contributed by atoms with Crippen LogP contribution in [0.15, 0.2) is 0 Å². The van der Waals surface area contributed by atoms with Gasteiger partial charge in [0.05, 0.1) is 0 Å². The Hall–Kier alpha value is -0.280. The largest absolute Gasteiger partial charge is 0.361 e. The van der Waals surface area contributed by atoms with Gasteiger partial charge in [-0.15, -0.1) is 0 Å². The summed E-state index contributed by atoms with van der Waals surface area (Å²) in [4.78, 5) is 0. The van der Waals surface area contributed by atoms with Crippen molar-refractivity contribution in [3.8, 4) is 0 Å². The van der Waals surface area contributed by atoms with Gasteiger partial charge in [0, 0.05) is 6.42 Å². The molecule has 0 heterocycles. The molecule has 0 bridgehead atoms. The van der Waals surface area contributed by atoms with E-state index in [1.165, 1.54) is 6.92 Å². The molecule has 12 heavy (non-hydrogen) atoms. The third-order valence-electron chi connectivity index (χ3n) is 1.56. The Labute approximate surface area is 68.3 Å². The van der Waals surface area contributed by atoms with E-state index in [0.717, 1.165) is 0 Å².